The molecule has 0 aliphatic heterocycles. The molecule has 1 aromatic carbocycles. The number of hydrogen-bond donors (Lipinski definition) is 2. The summed E-state index contributed by atoms with van der Waals surface area (Å²) in [5.74, 6) is -1.15. The van der Waals surface area contributed by atoms with Crippen LogP contribution in [0, 0.1) is 0 Å². The normalized spacial score (nSPS) is 13.8. The van der Waals surface area contributed by atoms with E-state index in [1.165, 1.54) is 20.1 Å². The fourth-order valence-electron chi connectivity index (χ4n) is 1.50. The van der Waals surface area contributed by atoms with Crippen molar-refractivity contribution in [2.24, 2.45) is 0 Å². The molecule has 0 aliphatic rings. The van der Waals surface area contributed by atoms with E-state index < -0.39 is 16.9 Å². The number of carboxylic acids is 1. The van der Waals surface area contributed by atoms with Gasteiger partial charge in [-0.25, -0.2) is 4.79 Å². The van der Waals surface area contributed by atoms with Gasteiger partial charge in [-0.3, -0.25) is 4.79 Å². The number of ketones is 1. The lowest BCUT2D eigenvalue weighted by Crippen LogP contribution is -2.15. The number of ether oxygens (including phenoxy) is 1. The molecule has 0 aromatic heterocycles. The Kier molecular flexibility index (Phi) is 4.86. The largest absolute Gasteiger partial charge is 0.497 e. The van der Waals surface area contributed by atoms with E-state index in [9.17, 15) is 14.7 Å². The maximum absolute atomic E-state index is 11.3. The number of benzene rings is 1. The Morgan fingerprint density at radius 3 is 2.39 bits per heavy atom. The molecule has 18 heavy (non-hydrogen) atoms. The minimum atomic E-state index is -1.70. The van der Waals surface area contributed by atoms with E-state index in [0.29, 0.717) is 11.3 Å². The Morgan fingerprint density at radius 1 is 1.33 bits per heavy atom. The predicted octanol–water partition coefficient (Wildman–Crippen LogP) is 1.84. The highest BCUT2D eigenvalue weighted by Gasteiger charge is 2.25. The Bertz CT molecular complexity index is 472. The highest BCUT2D eigenvalue weighted by Crippen LogP contribution is 2.33. The average molecular weight is 317 g/mol. The van der Waals surface area contributed by atoms with Gasteiger partial charge in [0.15, 0.2) is 6.10 Å². The first-order valence-corrected chi connectivity index (χ1v) is 6.03. The second kappa shape index (κ2) is 5.97. The summed E-state index contributed by atoms with van der Waals surface area (Å²) in [6, 6.07) is 4.57. The summed E-state index contributed by atoms with van der Waals surface area (Å²) in [5.41, 5.74) is 0.553. The van der Waals surface area contributed by atoms with Crippen LogP contribution in [-0.4, -0.2) is 29.1 Å². The zero-order chi connectivity index (χ0) is 13.9. The lowest BCUT2D eigenvalue weighted by molar-refractivity contribution is -0.147. The minimum Gasteiger partial charge on any atom is -0.497 e. The Morgan fingerprint density at radius 2 is 1.94 bits per heavy atom. The van der Waals surface area contributed by atoms with Crippen molar-refractivity contribution in [3.8, 4) is 5.75 Å². The summed E-state index contributed by atoms with van der Waals surface area (Å²) in [7, 11) is 1.43. The standard InChI is InChI=1S/C12H13BrO5/c1-6(14)10(13)8-4-3-7(18-2)5-9(8)11(15)12(16)17/h3-5,10-11,15H,1-2H3,(H,16,17). The molecule has 0 bridgehead atoms. The highest BCUT2D eigenvalue weighted by molar-refractivity contribution is 9.09. The average Bonchev–Trinajstić information content (AvgIpc) is 2.35. The van der Waals surface area contributed by atoms with Crippen LogP contribution < -0.4 is 4.74 Å². The predicted molar refractivity (Wildman–Crippen MR) is 67.9 cm³/mol. The van der Waals surface area contributed by atoms with Gasteiger partial charge in [0, 0.05) is 5.56 Å². The number of halogens is 1. The number of hydrogen-bond acceptors (Lipinski definition) is 4. The maximum Gasteiger partial charge on any atom is 0.337 e. The molecule has 0 aliphatic carbocycles. The first-order valence-electron chi connectivity index (χ1n) is 5.11. The second-order valence-corrected chi connectivity index (χ2v) is 4.62. The van der Waals surface area contributed by atoms with Crippen LogP contribution in [0.2, 0.25) is 0 Å². The van der Waals surface area contributed by atoms with Gasteiger partial charge >= 0.3 is 5.97 Å². The van der Waals surface area contributed by atoms with Crippen molar-refractivity contribution in [2.45, 2.75) is 17.9 Å². The van der Waals surface area contributed by atoms with Gasteiger partial charge in [0.1, 0.15) is 11.5 Å². The molecule has 5 nitrogen and oxygen atoms in total. The van der Waals surface area contributed by atoms with Crippen molar-refractivity contribution in [2.75, 3.05) is 7.11 Å². The number of carbonyl (C=O) groups is 2. The smallest absolute Gasteiger partial charge is 0.337 e. The van der Waals surface area contributed by atoms with E-state index >= 15 is 0 Å². The van der Waals surface area contributed by atoms with Gasteiger partial charge in [-0.2, -0.15) is 0 Å². The van der Waals surface area contributed by atoms with Crippen molar-refractivity contribution >= 4 is 27.7 Å². The third-order valence-electron chi connectivity index (χ3n) is 2.45. The number of alkyl halides is 1. The zero-order valence-corrected chi connectivity index (χ0v) is 11.5. The number of rotatable bonds is 5. The van der Waals surface area contributed by atoms with E-state index in [1.54, 1.807) is 12.1 Å². The lowest BCUT2D eigenvalue weighted by atomic mass is 9.98. The molecule has 0 saturated carbocycles. The minimum absolute atomic E-state index is 0.138. The van der Waals surface area contributed by atoms with Gasteiger partial charge in [0.25, 0.3) is 0 Å². The van der Waals surface area contributed by atoms with Crippen LogP contribution in [0.25, 0.3) is 0 Å². The molecule has 2 unspecified atom stereocenters. The number of carbonyl (C=O) groups excluding carboxylic acids is 1. The van der Waals surface area contributed by atoms with E-state index in [4.69, 9.17) is 9.84 Å². The molecule has 0 heterocycles. The fourth-order valence-corrected chi connectivity index (χ4v) is 1.92. The number of Topliss-reactive ketones (excluding diaryl/α,β-unsaturated/α-hetero) is 1. The molecule has 0 spiro atoms. The van der Waals surface area contributed by atoms with Gasteiger partial charge < -0.3 is 14.9 Å². The lowest BCUT2D eigenvalue weighted by Gasteiger charge is -2.16. The quantitative estimate of drug-likeness (QED) is 0.810. The fraction of sp³-hybridized carbons (Fsp3) is 0.333. The van der Waals surface area contributed by atoms with Crippen LogP contribution in [0.5, 0.6) is 5.75 Å². The van der Waals surface area contributed by atoms with Crippen molar-refractivity contribution < 1.29 is 24.5 Å². The molecule has 0 fully saturated rings. The van der Waals surface area contributed by atoms with Gasteiger partial charge in [-0.1, -0.05) is 22.0 Å². The van der Waals surface area contributed by atoms with Crippen molar-refractivity contribution in [1.29, 1.82) is 0 Å². The van der Waals surface area contributed by atoms with Crippen molar-refractivity contribution in [3.63, 3.8) is 0 Å². The maximum atomic E-state index is 11.3. The van der Waals surface area contributed by atoms with Gasteiger partial charge in [0.2, 0.25) is 0 Å². The summed E-state index contributed by atoms with van der Waals surface area (Å²) < 4.78 is 4.98. The molecule has 1 aromatic rings. The summed E-state index contributed by atoms with van der Waals surface area (Å²) >= 11 is 3.17. The molecule has 1 rings (SSSR count). The van der Waals surface area contributed by atoms with E-state index in [0.717, 1.165) is 0 Å². The molecule has 98 valence electrons. The molecule has 2 N–H and O–H groups in total. The monoisotopic (exact) mass is 316 g/mol. The number of aliphatic hydroxyl groups is 1. The van der Waals surface area contributed by atoms with Crippen LogP contribution in [0.3, 0.4) is 0 Å². The first kappa shape index (κ1) is 14.7. The van der Waals surface area contributed by atoms with E-state index in [2.05, 4.69) is 15.9 Å². The number of aliphatic hydroxyl groups excluding tert-OH is 1. The zero-order valence-electron chi connectivity index (χ0n) is 9.88. The molecule has 0 amide bonds. The Hall–Kier alpha value is -1.40. The van der Waals surface area contributed by atoms with Crippen LogP contribution in [-0.2, 0) is 9.59 Å². The number of carboxylic acid groups (broad SMARTS) is 1. The second-order valence-electron chi connectivity index (χ2n) is 3.71. The van der Waals surface area contributed by atoms with Crippen LogP contribution in [0.4, 0.5) is 0 Å². The van der Waals surface area contributed by atoms with Gasteiger partial charge in [0.05, 0.1) is 11.9 Å². The van der Waals surface area contributed by atoms with E-state index in [1.807, 2.05) is 0 Å². The summed E-state index contributed by atoms with van der Waals surface area (Å²) in [4.78, 5) is 21.5. The number of methoxy groups -OCH3 is 1. The SMILES string of the molecule is COc1ccc(C(Br)C(C)=O)c(C(O)C(=O)O)c1. The molecular formula is C12H13BrO5. The van der Waals surface area contributed by atoms with Crippen LogP contribution in [0.1, 0.15) is 29.0 Å². The van der Waals surface area contributed by atoms with Crippen LogP contribution >= 0.6 is 15.9 Å². The van der Waals surface area contributed by atoms with Gasteiger partial charge in [-0.15, -0.1) is 0 Å². The molecule has 6 heteroatoms. The summed E-state index contributed by atoms with van der Waals surface area (Å²) in [5, 5.41) is 18.5. The molecular weight excluding hydrogens is 304 g/mol. The molecule has 2 atom stereocenters. The van der Waals surface area contributed by atoms with Crippen molar-refractivity contribution in [1.82, 2.24) is 0 Å². The molecule has 0 saturated heterocycles. The third kappa shape index (κ3) is 3.08. The van der Waals surface area contributed by atoms with Gasteiger partial charge in [-0.05, 0) is 24.6 Å². The molecule has 0 radical (unpaired) electrons. The third-order valence-corrected chi connectivity index (χ3v) is 3.59. The summed E-state index contributed by atoms with van der Waals surface area (Å²) in [6.45, 7) is 1.38. The van der Waals surface area contributed by atoms with E-state index in [-0.39, 0.29) is 11.3 Å². The van der Waals surface area contributed by atoms with Crippen LogP contribution in [0.15, 0.2) is 18.2 Å². The first-order chi connectivity index (χ1) is 8.38. The summed E-state index contributed by atoms with van der Waals surface area (Å²) in [6.07, 6.45) is -1.70. The Labute approximate surface area is 113 Å². The Balaban J connectivity index is 3.33. The van der Waals surface area contributed by atoms with Crippen molar-refractivity contribution in [3.05, 3.63) is 29.3 Å². The topological polar surface area (TPSA) is 83.8 Å². The number of aliphatic carboxylic acids is 1. The highest BCUT2D eigenvalue weighted by atomic mass is 79.9.